The predicted octanol–water partition coefficient (Wildman–Crippen LogP) is 6.94. The Morgan fingerprint density at radius 1 is 0.432 bits per heavy atom. The van der Waals surface area contributed by atoms with Crippen LogP contribution in [0.3, 0.4) is 0 Å². The lowest BCUT2D eigenvalue weighted by atomic mass is 9.96. The van der Waals surface area contributed by atoms with Gasteiger partial charge in [-0.3, -0.25) is 4.79 Å². The number of nitrogens with one attached hydrogen (secondary N) is 1. The standard InChI is InChI=1S/C62H117NO18/c1-3-5-7-9-11-13-15-17-19-20-21-22-23-24-26-27-29-31-33-35-37-39-46(67)45(63-50(68)40-38-36-34-32-30-28-25-18-16-14-12-10-8-6-4-2)44-76-60-56(74)53(71)58(48(42-65)78-60)81-62-57(75)54(72)59(49(43-66)79-62)80-61-55(73)52(70)51(69)47(41-64)77-61/h18,25,45-49,51-62,64-67,69-75H,3-17,19-24,26-44H2,1-2H3,(H,63,68)/b25-18-. The van der Waals surface area contributed by atoms with Crippen LogP contribution in [0.15, 0.2) is 12.2 Å². The minimum Gasteiger partial charge on any atom is -0.394 e. The van der Waals surface area contributed by atoms with Crippen LogP contribution in [-0.2, 0) is 33.2 Å². The van der Waals surface area contributed by atoms with Gasteiger partial charge in [-0.15, -0.1) is 0 Å². The van der Waals surface area contributed by atoms with Crippen molar-refractivity contribution in [1.82, 2.24) is 5.32 Å². The molecule has 0 aromatic carbocycles. The Balaban J connectivity index is 1.46. The lowest BCUT2D eigenvalue weighted by Crippen LogP contribution is -2.66. The van der Waals surface area contributed by atoms with Crippen LogP contribution < -0.4 is 5.32 Å². The van der Waals surface area contributed by atoms with Crippen molar-refractivity contribution in [1.29, 1.82) is 0 Å². The van der Waals surface area contributed by atoms with Gasteiger partial charge in [0.2, 0.25) is 5.91 Å². The van der Waals surface area contributed by atoms with Gasteiger partial charge in [0.25, 0.3) is 0 Å². The molecule has 3 fully saturated rings. The topological polar surface area (TPSA) is 307 Å². The molecule has 17 unspecified atom stereocenters. The quantitative estimate of drug-likeness (QED) is 0.0217. The van der Waals surface area contributed by atoms with Gasteiger partial charge < -0.3 is 89.9 Å². The molecule has 3 heterocycles. The largest absolute Gasteiger partial charge is 0.394 e. The second-order valence-electron chi connectivity index (χ2n) is 23.6. The highest BCUT2D eigenvalue weighted by molar-refractivity contribution is 5.76. The monoisotopic (exact) mass is 1160 g/mol. The number of hydrogen-bond acceptors (Lipinski definition) is 18. The average molecular weight is 1160 g/mol. The first kappa shape index (κ1) is 73.8. The van der Waals surface area contributed by atoms with Crippen molar-refractivity contribution >= 4 is 5.91 Å². The number of unbranched alkanes of at least 4 members (excludes halogenated alkanes) is 31. The number of aliphatic hydroxyl groups is 11. The number of carbonyl (C=O) groups excluding carboxylic acids is 1. The molecule has 0 bridgehead atoms. The van der Waals surface area contributed by atoms with Crippen LogP contribution >= 0.6 is 0 Å². The first-order valence-corrected chi connectivity index (χ1v) is 32.4. The molecule has 12 N–H and O–H groups in total. The number of ether oxygens (including phenoxy) is 6. The third-order valence-electron chi connectivity index (χ3n) is 16.6. The van der Waals surface area contributed by atoms with Crippen molar-refractivity contribution in [2.75, 3.05) is 26.4 Å². The minimum absolute atomic E-state index is 0.249. The molecule has 3 saturated heterocycles. The molecular formula is C62H117NO18. The van der Waals surface area contributed by atoms with Crippen LogP contribution in [0.4, 0.5) is 0 Å². The molecule has 0 aromatic rings. The van der Waals surface area contributed by atoms with Gasteiger partial charge >= 0.3 is 0 Å². The van der Waals surface area contributed by atoms with E-state index in [4.69, 9.17) is 28.4 Å². The fourth-order valence-electron chi connectivity index (χ4n) is 11.3. The smallest absolute Gasteiger partial charge is 0.220 e. The maximum absolute atomic E-state index is 13.4. The van der Waals surface area contributed by atoms with Crippen molar-refractivity contribution in [3.63, 3.8) is 0 Å². The van der Waals surface area contributed by atoms with E-state index in [1.54, 1.807) is 0 Å². The van der Waals surface area contributed by atoms with Crippen LogP contribution in [0.1, 0.15) is 245 Å². The maximum Gasteiger partial charge on any atom is 0.220 e. The second-order valence-corrected chi connectivity index (χ2v) is 23.6. The second kappa shape index (κ2) is 45.8. The van der Waals surface area contributed by atoms with E-state index >= 15 is 0 Å². The van der Waals surface area contributed by atoms with Crippen molar-refractivity contribution in [3.8, 4) is 0 Å². The van der Waals surface area contributed by atoms with Gasteiger partial charge in [-0.1, -0.05) is 212 Å². The minimum atomic E-state index is -1.97. The van der Waals surface area contributed by atoms with E-state index in [1.807, 2.05) is 0 Å². The normalized spacial score (nSPS) is 29.8. The summed E-state index contributed by atoms with van der Waals surface area (Å²) < 4.78 is 34.4. The highest BCUT2D eigenvalue weighted by atomic mass is 16.8. The number of allylic oxidation sites excluding steroid dienone is 2. The predicted molar refractivity (Wildman–Crippen MR) is 310 cm³/mol. The number of amides is 1. The molecule has 19 heteroatoms. The average Bonchev–Trinajstić information content (AvgIpc) is 3.52. The van der Waals surface area contributed by atoms with E-state index in [2.05, 4.69) is 31.3 Å². The van der Waals surface area contributed by atoms with E-state index in [9.17, 15) is 61.0 Å². The van der Waals surface area contributed by atoms with E-state index in [-0.39, 0.29) is 18.9 Å². The molecule has 81 heavy (non-hydrogen) atoms. The Morgan fingerprint density at radius 3 is 1.20 bits per heavy atom. The fraction of sp³-hybridized carbons (Fsp3) is 0.952. The number of rotatable bonds is 49. The number of hydrogen-bond donors (Lipinski definition) is 12. The molecule has 3 aliphatic heterocycles. The van der Waals surface area contributed by atoms with E-state index in [0.717, 1.165) is 64.2 Å². The van der Waals surface area contributed by atoms with E-state index < -0.39 is 124 Å². The van der Waals surface area contributed by atoms with Gasteiger partial charge in [-0.25, -0.2) is 0 Å². The maximum atomic E-state index is 13.4. The summed E-state index contributed by atoms with van der Waals surface area (Å²) in [7, 11) is 0. The van der Waals surface area contributed by atoms with Gasteiger partial charge in [-0.2, -0.15) is 0 Å². The molecular weight excluding hydrogens is 1050 g/mol. The Morgan fingerprint density at radius 2 is 0.778 bits per heavy atom. The van der Waals surface area contributed by atoms with Crippen molar-refractivity contribution in [2.24, 2.45) is 0 Å². The summed E-state index contributed by atoms with van der Waals surface area (Å²) in [5.74, 6) is -0.249. The summed E-state index contributed by atoms with van der Waals surface area (Å²) in [6.45, 7) is 1.80. The first-order valence-electron chi connectivity index (χ1n) is 32.4. The molecule has 0 aromatic heterocycles. The summed E-state index contributed by atoms with van der Waals surface area (Å²) in [5.41, 5.74) is 0. The molecule has 19 nitrogen and oxygen atoms in total. The van der Waals surface area contributed by atoms with Crippen LogP contribution in [0.2, 0.25) is 0 Å². The lowest BCUT2D eigenvalue weighted by molar-refractivity contribution is -0.379. The zero-order valence-electron chi connectivity index (χ0n) is 50.0. The highest BCUT2D eigenvalue weighted by Gasteiger charge is 2.53. The highest BCUT2D eigenvalue weighted by Crippen LogP contribution is 2.33. The molecule has 1 amide bonds. The lowest BCUT2D eigenvalue weighted by Gasteiger charge is -2.48. The Hall–Kier alpha value is -1.47. The zero-order chi connectivity index (χ0) is 59.0. The van der Waals surface area contributed by atoms with Crippen LogP contribution in [0.25, 0.3) is 0 Å². The van der Waals surface area contributed by atoms with Crippen LogP contribution in [0, 0.1) is 0 Å². The molecule has 478 valence electrons. The molecule has 0 radical (unpaired) electrons. The Labute approximate surface area is 486 Å². The number of carbonyl (C=O) groups is 1. The van der Waals surface area contributed by atoms with Crippen molar-refractivity contribution < 1.29 is 89.4 Å². The van der Waals surface area contributed by atoms with Gasteiger partial charge in [0.05, 0.1) is 38.6 Å². The number of aliphatic hydroxyl groups excluding tert-OH is 11. The summed E-state index contributed by atoms with van der Waals surface area (Å²) in [6, 6.07) is -0.888. The SMILES string of the molecule is CCCCCCCC/C=C\CCCCCCCC(=O)NC(COC1OC(CO)C(OC2OC(CO)C(OC3OC(CO)C(O)C(O)C3O)C(O)C2O)C(O)C1O)C(O)CCCCCCCCCCCCCCCCCCCCCCC. The van der Waals surface area contributed by atoms with Gasteiger partial charge in [0.1, 0.15) is 73.2 Å². The van der Waals surface area contributed by atoms with Gasteiger partial charge in [0.15, 0.2) is 18.9 Å². The molecule has 3 aliphatic rings. The first-order chi connectivity index (χ1) is 39.3. The molecule has 0 saturated carbocycles. The Bertz CT molecular complexity index is 1530. The van der Waals surface area contributed by atoms with Crippen molar-refractivity contribution in [3.05, 3.63) is 12.2 Å². The van der Waals surface area contributed by atoms with Crippen LogP contribution in [0.5, 0.6) is 0 Å². The third-order valence-corrected chi connectivity index (χ3v) is 16.6. The molecule has 0 spiro atoms. The van der Waals surface area contributed by atoms with E-state index in [1.165, 1.54) is 148 Å². The van der Waals surface area contributed by atoms with Crippen LogP contribution in [-0.4, -0.2) is 193 Å². The molecule has 17 atom stereocenters. The Kier molecular flexibility index (Phi) is 41.7. The van der Waals surface area contributed by atoms with Crippen molar-refractivity contribution in [2.45, 2.75) is 349 Å². The third kappa shape index (κ3) is 29.2. The van der Waals surface area contributed by atoms with E-state index in [0.29, 0.717) is 12.8 Å². The summed E-state index contributed by atoms with van der Waals surface area (Å²) in [4.78, 5) is 13.4. The summed E-state index contributed by atoms with van der Waals surface area (Å²) >= 11 is 0. The van der Waals surface area contributed by atoms with Gasteiger partial charge in [-0.05, 0) is 38.5 Å². The fourth-order valence-corrected chi connectivity index (χ4v) is 11.3. The van der Waals surface area contributed by atoms with Gasteiger partial charge in [0, 0.05) is 6.42 Å². The summed E-state index contributed by atoms with van der Waals surface area (Å²) in [5, 5.41) is 120. The zero-order valence-corrected chi connectivity index (χ0v) is 50.0. The summed E-state index contributed by atoms with van der Waals surface area (Å²) in [6.07, 6.45) is 20.0. The molecule has 0 aliphatic carbocycles. The molecule has 3 rings (SSSR count).